The minimum atomic E-state index is -0.188. The maximum atomic E-state index is 6.35. The third-order valence-corrected chi connectivity index (χ3v) is 8.11. The van der Waals surface area contributed by atoms with Crippen LogP contribution in [0.1, 0.15) is 48.2 Å². The number of aromatic nitrogens is 2. The minimum Gasteiger partial charge on any atom is -0.337 e. The molecule has 0 saturated carbocycles. The number of nitrogens with one attached hydrogen (secondary N) is 1. The molecule has 2 aliphatic rings. The van der Waals surface area contributed by atoms with E-state index in [2.05, 4.69) is 84.7 Å². The van der Waals surface area contributed by atoms with Gasteiger partial charge in [0.05, 0.1) is 28.8 Å². The molecule has 1 atom stereocenters. The molecule has 0 bridgehead atoms. The number of aliphatic imine (C=N–C) groups is 2. The quantitative estimate of drug-likeness (QED) is 0.222. The smallest absolute Gasteiger partial charge is 0.179 e. The van der Waals surface area contributed by atoms with Crippen LogP contribution in [-0.4, -0.2) is 21.5 Å². The largest absolute Gasteiger partial charge is 0.337 e. The van der Waals surface area contributed by atoms with Crippen LogP contribution in [0, 0.1) is 6.92 Å². The van der Waals surface area contributed by atoms with Gasteiger partial charge in [0.15, 0.2) is 17.5 Å². The monoisotopic (exact) mass is 570 g/mol. The van der Waals surface area contributed by atoms with Crippen LogP contribution in [0.15, 0.2) is 113 Å². The van der Waals surface area contributed by atoms with E-state index >= 15 is 0 Å². The van der Waals surface area contributed by atoms with Crippen molar-refractivity contribution in [1.29, 1.82) is 0 Å². The zero-order chi connectivity index (χ0) is 28.6. The van der Waals surface area contributed by atoms with Crippen molar-refractivity contribution in [3.8, 4) is 5.69 Å². The molecule has 208 valence electrons. The Kier molecular flexibility index (Phi) is 6.84. The Morgan fingerprint density at radius 2 is 1.57 bits per heavy atom. The molecule has 5 aromatic rings. The van der Waals surface area contributed by atoms with Gasteiger partial charge >= 0.3 is 0 Å². The van der Waals surface area contributed by atoms with Gasteiger partial charge in [-0.05, 0) is 79.4 Å². The average Bonchev–Trinajstić information content (AvgIpc) is 3.36. The molecule has 7 heteroatoms. The molecule has 6 nitrogen and oxygen atoms in total. The molecule has 0 radical (unpaired) electrons. The van der Waals surface area contributed by atoms with Crippen molar-refractivity contribution in [2.75, 3.05) is 10.2 Å². The van der Waals surface area contributed by atoms with Crippen molar-refractivity contribution in [2.24, 2.45) is 9.98 Å². The van der Waals surface area contributed by atoms with E-state index in [0.29, 0.717) is 10.9 Å². The van der Waals surface area contributed by atoms with Gasteiger partial charge in [0.25, 0.3) is 0 Å². The summed E-state index contributed by atoms with van der Waals surface area (Å²) in [4.78, 5) is 12.7. The van der Waals surface area contributed by atoms with Crippen LogP contribution in [0.3, 0.4) is 0 Å². The number of unbranched alkanes of at least 4 members (excludes halogenated alkanes) is 1. The Bertz CT molecular complexity index is 1800. The zero-order valence-corrected chi connectivity index (χ0v) is 24.4. The van der Waals surface area contributed by atoms with Crippen LogP contribution in [0.5, 0.6) is 0 Å². The molecule has 0 fully saturated rings. The Hall–Kier alpha value is -4.68. The number of hydrogen-bond acceptors (Lipinski definition) is 5. The highest BCUT2D eigenvalue weighted by molar-refractivity contribution is 6.51. The van der Waals surface area contributed by atoms with Crippen LogP contribution in [0.25, 0.3) is 5.69 Å². The predicted octanol–water partition coefficient (Wildman–Crippen LogP) is 8.97. The van der Waals surface area contributed by atoms with Gasteiger partial charge in [-0.3, -0.25) is 0 Å². The minimum absolute atomic E-state index is 0.188. The van der Waals surface area contributed by atoms with Gasteiger partial charge < -0.3 is 10.2 Å². The van der Waals surface area contributed by atoms with E-state index in [0.717, 1.165) is 57.6 Å². The van der Waals surface area contributed by atoms with Crippen LogP contribution >= 0.6 is 11.6 Å². The second-order valence-corrected chi connectivity index (χ2v) is 11.1. The number of amidine groups is 2. The number of anilines is 2. The maximum absolute atomic E-state index is 6.35. The van der Waals surface area contributed by atoms with E-state index in [1.807, 2.05) is 47.1 Å². The van der Waals surface area contributed by atoms with Crippen LogP contribution in [-0.2, 0) is 6.42 Å². The van der Waals surface area contributed by atoms with Gasteiger partial charge in [-0.25, -0.2) is 14.7 Å². The molecule has 0 spiro atoms. The van der Waals surface area contributed by atoms with E-state index in [9.17, 15) is 0 Å². The number of aryl methyl sites for hydroxylation is 2. The second-order valence-electron chi connectivity index (χ2n) is 10.7. The fourth-order valence-corrected chi connectivity index (χ4v) is 5.91. The van der Waals surface area contributed by atoms with Crippen molar-refractivity contribution in [3.63, 3.8) is 0 Å². The summed E-state index contributed by atoms with van der Waals surface area (Å²) in [5, 5.41) is 9.32. The molecule has 42 heavy (non-hydrogen) atoms. The van der Waals surface area contributed by atoms with Crippen molar-refractivity contribution in [2.45, 2.75) is 39.2 Å². The van der Waals surface area contributed by atoms with Crippen LogP contribution in [0.2, 0.25) is 5.02 Å². The Labute approximate surface area is 251 Å². The van der Waals surface area contributed by atoms with E-state index in [4.69, 9.17) is 26.7 Å². The Morgan fingerprint density at radius 1 is 0.833 bits per heavy atom. The lowest BCUT2D eigenvalue weighted by molar-refractivity contribution is 0.795. The van der Waals surface area contributed by atoms with Gasteiger partial charge in [0.1, 0.15) is 0 Å². The lowest BCUT2D eigenvalue weighted by atomic mass is 9.93. The molecular weight excluding hydrogens is 540 g/mol. The third kappa shape index (κ3) is 4.68. The molecule has 2 aliphatic heterocycles. The molecule has 3 heterocycles. The van der Waals surface area contributed by atoms with Gasteiger partial charge in [-0.15, -0.1) is 0 Å². The first-order valence-electron chi connectivity index (χ1n) is 14.4. The highest BCUT2D eigenvalue weighted by Gasteiger charge is 2.41. The first-order chi connectivity index (χ1) is 20.6. The summed E-state index contributed by atoms with van der Waals surface area (Å²) in [6.07, 6.45) is 3.45. The lowest BCUT2D eigenvalue weighted by Gasteiger charge is -2.40. The molecule has 1 aromatic heterocycles. The summed E-state index contributed by atoms with van der Waals surface area (Å²) >= 11 is 6.35. The van der Waals surface area contributed by atoms with Gasteiger partial charge in [-0.2, -0.15) is 5.10 Å². The molecule has 0 amide bonds. The van der Waals surface area contributed by atoms with E-state index < -0.39 is 0 Å². The molecule has 4 aromatic carbocycles. The standard InChI is InChI=1S/C35H31ClN6/c1-3-4-10-24-15-21-27(22-16-24)37-33-35-39-34-31(23(2)40-42(34)28-11-6-5-7-12-28)32(25-17-19-26(36)20-18-25)41(35)30-14-9-8-13-29(30)38-33/h5-9,11-22,32H,3-4,10H2,1-2H3,(H,37,38)/t32-/m1/s1. The zero-order valence-electron chi connectivity index (χ0n) is 23.6. The molecule has 7 rings (SSSR count). The summed E-state index contributed by atoms with van der Waals surface area (Å²) in [6.45, 7) is 4.28. The van der Waals surface area contributed by atoms with Crippen molar-refractivity contribution in [1.82, 2.24) is 9.78 Å². The number of benzene rings is 4. The summed E-state index contributed by atoms with van der Waals surface area (Å²) < 4.78 is 1.94. The molecule has 0 unspecified atom stereocenters. The van der Waals surface area contributed by atoms with Gasteiger partial charge in [0.2, 0.25) is 0 Å². The van der Waals surface area contributed by atoms with Crippen molar-refractivity contribution < 1.29 is 0 Å². The Morgan fingerprint density at radius 3 is 2.33 bits per heavy atom. The van der Waals surface area contributed by atoms with E-state index in [1.54, 1.807) is 0 Å². The highest BCUT2D eigenvalue weighted by atomic mass is 35.5. The fourth-order valence-electron chi connectivity index (χ4n) is 5.78. The van der Waals surface area contributed by atoms with Crippen LogP contribution in [0.4, 0.5) is 22.9 Å². The summed E-state index contributed by atoms with van der Waals surface area (Å²) in [5.74, 6) is 2.24. The van der Waals surface area contributed by atoms with E-state index in [1.165, 1.54) is 18.4 Å². The SMILES string of the molecule is CCCCc1ccc(NC2=Nc3ccccc3N3C2=Nc2c(c(C)nn2-c2ccccc2)[C@H]3c2ccc(Cl)cc2)cc1. The molecule has 1 N–H and O–H groups in total. The number of para-hydroxylation sites is 3. The second kappa shape index (κ2) is 11.0. The molecule has 0 saturated heterocycles. The maximum Gasteiger partial charge on any atom is 0.179 e. The highest BCUT2D eigenvalue weighted by Crippen LogP contribution is 2.48. The molecule has 0 aliphatic carbocycles. The number of nitrogens with zero attached hydrogens (tertiary/aromatic N) is 5. The van der Waals surface area contributed by atoms with Gasteiger partial charge in [0, 0.05) is 16.3 Å². The number of fused-ring (bicyclic) bond motifs is 4. The first kappa shape index (κ1) is 26.2. The van der Waals surface area contributed by atoms with Crippen molar-refractivity contribution >= 4 is 46.2 Å². The summed E-state index contributed by atoms with van der Waals surface area (Å²) in [5.41, 5.74) is 8.22. The average molecular weight is 571 g/mol. The lowest BCUT2D eigenvalue weighted by Crippen LogP contribution is -2.46. The van der Waals surface area contributed by atoms with E-state index in [-0.39, 0.29) is 6.04 Å². The Balaban J connectivity index is 1.41. The summed E-state index contributed by atoms with van der Waals surface area (Å²) in [7, 11) is 0. The number of hydrogen-bond donors (Lipinski definition) is 1. The third-order valence-electron chi connectivity index (χ3n) is 7.86. The first-order valence-corrected chi connectivity index (χ1v) is 14.8. The normalized spacial score (nSPS) is 15.3. The molecular formula is C35H31ClN6. The van der Waals surface area contributed by atoms with Crippen molar-refractivity contribution in [3.05, 3.63) is 131 Å². The number of halogens is 1. The number of rotatable bonds is 6. The summed E-state index contributed by atoms with van der Waals surface area (Å²) in [6, 6.07) is 34.9. The van der Waals surface area contributed by atoms with Gasteiger partial charge in [-0.1, -0.05) is 79.5 Å². The fraction of sp³-hybridized carbons (Fsp3) is 0.171. The van der Waals surface area contributed by atoms with Crippen LogP contribution < -0.4 is 10.2 Å². The predicted molar refractivity (Wildman–Crippen MR) is 173 cm³/mol. The topological polar surface area (TPSA) is 57.8 Å².